The molecule has 1 amide bonds. The number of ether oxygens (including phenoxy) is 6. The van der Waals surface area contributed by atoms with Gasteiger partial charge in [0.25, 0.3) is 5.91 Å². The lowest BCUT2D eigenvalue weighted by Crippen LogP contribution is -2.30. The lowest BCUT2D eigenvalue weighted by molar-refractivity contribution is -0.123. The Morgan fingerprint density at radius 1 is 0.966 bits per heavy atom. The number of hydrogen-bond acceptors (Lipinski definition) is 8. The van der Waals surface area contributed by atoms with Crippen molar-refractivity contribution in [2.24, 2.45) is 0 Å². The molecule has 154 valence electrons. The van der Waals surface area contributed by atoms with Gasteiger partial charge in [-0.25, -0.2) is 4.79 Å². The summed E-state index contributed by atoms with van der Waals surface area (Å²) in [6.07, 6.45) is -1.06. The van der Waals surface area contributed by atoms with Crippen molar-refractivity contribution in [2.75, 3.05) is 33.4 Å². The number of nitrogens with one attached hydrogen (secondary N) is 1. The third-order valence-corrected chi connectivity index (χ3v) is 4.22. The van der Waals surface area contributed by atoms with Crippen molar-refractivity contribution in [3.63, 3.8) is 0 Å². The van der Waals surface area contributed by atoms with Crippen LogP contribution in [-0.4, -0.2) is 46.1 Å². The highest BCUT2D eigenvalue weighted by Gasteiger charge is 2.25. The molecule has 2 aromatic carbocycles. The van der Waals surface area contributed by atoms with Crippen LogP contribution in [0.4, 0.5) is 5.69 Å². The van der Waals surface area contributed by atoms with Crippen LogP contribution in [0.1, 0.15) is 17.3 Å². The van der Waals surface area contributed by atoms with Gasteiger partial charge in [0.15, 0.2) is 29.1 Å². The number of esters is 1. The minimum absolute atomic E-state index is 0.105. The highest BCUT2D eigenvalue weighted by molar-refractivity contribution is 5.99. The Balaban J connectivity index is 1.71. The van der Waals surface area contributed by atoms with Crippen LogP contribution in [0.25, 0.3) is 0 Å². The van der Waals surface area contributed by atoms with E-state index in [1.807, 2.05) is 0 Å². The summed E-state index contributed by atoms with van der Waals surface area (Å²) in [5, 5.41) is 2.67. The zero-order valence-corrected chi connectivity index (χ0v) is 16.4. The first-order chi connectivity index (χ1) is 14.0. The van der Waals surface area contributed by atoms with E-state index in [-0.39, 0.29) is 23.9 Å². The normalized spacial score (nSPS) is 12.7. The highest BCUT2D eigenvalue weighted by atomic mass is 16.7. The summed E-state index contributed by atoms with van der Waals surface area (Å²) < 4.78 is 31.5. The standard InChI is InChI=1S/C20H21NO8/c1-11(19(22)21-12-5-7-14-16(9-12)28-10-27-14)29-20(23)13-6-8-15(24-2)18(26-4)17(13)25-3/h5-9,11H,10H2,1-4H3,(H,21,22). The molecule has 1 atom stereocenters. The first-order valence-electron chi connectivity index (χ1n) is 8.69. The van der Waals surface area contributed by atoms with Crippen LogP contribution in [0.3, 0.4) is 0 Å². The molecule has 29 heavy (non-hydrogen) atoms. The Kier molecular flexibility index (Phi) is 5.96. The van der Waals surface area contributed by atoms with Crippen molar-refractivity contribution in [2.45, 2.75) is 13.0 Å². The first-order valence-corrected chi connectivity index (χ1v) is 8.69. The van der Waals surface area contributed by atoms with Crippen molar-refractivity contribution in [3.05, 3.63) is 35.9 Å². The predicted octanol–water partition coefficient (Wildman–Crippen LogP) is 2.63. The molecule has 0 aliphatic carbocycles. The van der Waals surface area contributed by atoms with Crippen LogP contribution >= 0.6 is 0 Å². The molecular weight excluding hydrogens is 382 g/mol. The van der Waals surface area contributed by atoms with Gasteiger partial charge in [0.05, 0.1) is 21.3 Å². The maximum Gasteiger partial charge on any atom is 0.342 e. The Hall–Kier alpha value is -3.62. The van der Waals surface area contributed by atoms with Gasteiger partial charge in [-0.1, -0.05) is 0 Å². The summed E-state index contributed by atoms with van der Waals surface area (Å²) in [7, 11) is 4.29. The fourth-order valence-corrected chi connectivity index (χ4v) is 2.76. The van der Waals surface area contributed by atoms with Gasteiger partial charge in [0.1, 0.15) is 5.56 Å². The SMILES string of the molecule is COc1ccc(C(=O)OC(C)C(=O)Nc2ccc3c(c2)OCO3)c(OC)c1OC. The molecule has 0 aromatic heterocycles. The molecule has 2 aromatic rings. The molecule has 1 aliphatic heterocycles. The maximum atomic E-state index is 12.6. The predicted molar refractivity (Wildman–Crippen MR) is 102 cm³/mol. The number of benzene rings is 2. The Morgan fingerprint density at radius 3 is 2.38 bits per heavy atom. The van der Waals surface area contributed by atoms with E-state index in [9.17, 15) is 9.59 Å². The molecule has 1 N–H and O–H groups in total. The molecule has 1 heterocycles. The quantitative estimate of drug-likeness (QED) is 0.704. The van der Waals surface area contributed by atoms with Gasteiger partial charge in [-0.2, -0.15) is 0 Å². The molecule has 9 nitrogen and oxygen atoms in total. The Morgan fingerprint density at radius 2 is 1.69 bits per heavy atom. The Labute approximate surface area is 167 Å². The molecule has 1 aliphatic rings. The number of carbonyl (C=O) groups excluding carboxylic acids is 2. The summed E-state index contributed by atoms with van der Waals surface area (Å²) in [6, 6.07) is 8.01. The molecule has 0 spiro atoms. The minimum atomic E-state index is -1.06. The largest absolute Gasteiger partial charge is 0.493 e. The fourth-order valence-electron chi connectivity index (χ4n) is 2.76. The van der Waals surface area contributed by atoms with E-state index in [1.54, 1.807) is 24.3 Å². The van der Waals surface area contributed by atoms with E-state index in [0.29, 0.717) is 22.9 Å². The zero-order valence-electron chi connectivity index (χ0n) is 16.4. The molecule has 0 saturated carbocycles. The third-order valence-electron chi connectivity index (χ3n) is 4.22. The number of hydrogen-bond donors (Lipinski definition) is 1. The summed E-state index contributed by atoms with van der Waals surface area (Å²) in [6.45, 7) is 1.60. The van der Waals surface area contributed by atoms with E-state index in [4.69, 9.17) is 28.4 Å². The third kappa shape index (κ3) is 4.13. The summed E-state index contributed by atoms with van der Waals surface area (Å²) in [5.74, 6) is 0.690. The van der Waals surface area contributed by atoms with Crippen LogP contribution in [0.5, 0.6) is 28.7 Å². The van der Waals surface area contributed by atoms with Crippen molar-refractivity contribution < 1.29 is 38.0 Å². The van der Waals surface area contributed by atoms with Gasteiger partial charge < -0.3 is 33.7 Å². The van der Waals surface area contributed by atoms with Crippen molar-refractivity contribution >= 4 is 17.6 Å². The van der Waals surface area contributed by atoms with E-state index in [1.165, 1.54) is 34.3 Å². The minimum Gasteiger partial charge on any atom is -0.493 e. The van der Waals surface area contributed by atoms with E-state index in [2.05, 4.69) is 5.32 Å². The second-order valence-electron chi connectivity index (χ2n) is 5.99. The lowest BCUT2D eigenvalue weighted by Gasteiger charge is -2.17. The highest BCUT2D eigenvalue weighted by Crippen LogP contribution is 2.40. The summed E-state index contributed by atoms with van der Waals surface area (Å²) in [5.41, 5.74) is 0.596. The van der Waals surface area contributed by atoms with Gasteiger partial charge in [-0.05, 0) is 31.2 Å². The maximum absolute atomic E-state index is 12.6. The lowest BCUT2D eigenvalue weighted by atomic mass is 10.1. The first kappa shape index (κ1) is 20.1. The fraction of sp³-hybridized carbons (Fsp3) is 0.300. The van der Waals surface area contributed by atoms with Crippen molar-refractivity contribution in [1.82, 2.24) is 0 Å². The smallest absolute Gasteiger partial charge is 0.342 e. The van der Waals surface area contributed by atoms with Crippen LogP contribution < -0.4 is 29.0 Å². The molecule has 0 bridgehead atoms. The molecule has 0 saturated heterocycles. The van der Waals surface area contributed by atoms with Gasteiger partial charge in [-0.3, -0.25) is 4.79 Å². The molecular formula is C20H21NO8. The number of rotatable bonds is 7. The van der Waals surface area contributed by atoms with Gasteiger partial charge in [0, 0.05) is 11.8 Å². The van der Waals surface area contributed by atoms with Crippen molar-refractivity contribution in [3.8, 4) is 28.7 Å². The number of carbonyl (C=O) groups is 2. The number of fused-ring (bicyclic) bond motifs is 1. The second kappa shape index (κ2) is 8.59. The Bertz CT molecular complexity index is 927. The molecule has 3 rings (SSSR count). The molecule has 9 heteroatoms. The van der Waals surface area contributed by atoms with E-state index in [0.717, 1.165) is 0 Å². The van der Waals surface area contributed by atoms with Crippen molar-refractivity contribution in [1.29, 1.82) is 0 Å². The molecule has 0 fully saturated rings. The van der Waals surface area contributed by atoms with Crippen LogP contribution in [-0.2, 0) is 9.53 Å². The van der Waals surface area contributed by atoms with E-state index < -0.39 is 18.0 Å². The second-order valence-corrected chi connectivity index (χ2v) is 5.99. The summed E-state index contributed by atoms with van der Waals surface area (Å²) in [4.78, 5) is 25.0. The molecule has 0 radical (unpaired) electrons. The number of amides is 1. The average molecular weight is 403 g/mol. The number of methoxy groups -OCH3 is 3. The van der Waals surface area contributed by atoms with Crippen LogP contribution in [0, 0.1) is 0 Å². The van der Waals surface area contributed by atoms with Crippen LogP contribution in [0.15, 0.2) is 30.3 Å². The average Bonchev–Trinajstić information content (AvgIpc) is 3.20. The van der Waals surface area contributed by atoms with Gasteiger partial charge >= 0.3 is 5.97 Å². The van der Waals surface area contributed by atoms with Gasteiger partial charge in [0.2, 0.25) is 12.5 Å². The van der Waals surface area contributed by atoms with E-state index >= 15 is 0 Å². The monoisotopic (exact) mass is 403 g/mol. The topological polar surface area (TPSA) is 102 Å². The van der Waals surface area contributed by atoms with Crippen LogP contribution in [0.2, 0.25) is 0 Å². The molecule has 1 unspecified atom stereocenters. The zero-order chi connectivity index (χ0) is 21.0. The number of anilines is 1. The summed E-state index contributed by atoms with van der Waals surface area (Å²) >= 11 is 0. The van der Waals surface area contributed by atoms with Gasteiger partial charge in [-0.15, -0.1) is 0 Å².